The molecule has 0 spiro atoms. The Bertz CT molecular complexity index is 935. The van der Waals surface area contributed by atoms with Crippen molar-refractivity contribution in [2.24, 2.45) is 0 Å². The van der Waals surface area contributed by atoms with Crippen LogP contribution in [-0.4, -0.2) is 34.6 Å². The summed E-state index contributed by atoms with van der Waals surface area (Å²) >= 11 is 0. The van der Waals surface area contributed by atoms with Crippen LogP contribution in [0.4, 0.5) is 5.69 Å². The second kappa shape index (κ2) is 5.84. The first-order valence-corrected chi connectivity index (χ1v) is 8.41. The van der Waals surface area contributed by atoms with Gasteiger partial charge in [-0.2, -0.15) is 5.10 Å². The fraction of sp³-hybridized carbons (Fsp3) is 0.214. The number of pyridine rings is 2. The van der Waals surface area contributed by atoms with Gasteiger partial charge in [-0.25, -0.2) is 22.9 Å². The van der Waals surface area contributed by atoms with Crippen LogP contribution < -0.4 is 9.46 Å². The summed E-state index contributed by atoms with van der Waals surface area (Å²) in [4.78, 5) is 8.20. The van der Waals surface area contributed by atoms with Crippen LogP contribution in [0.3, 0.4) is 0 Å². The lowest BCUT2D eigenvalue weighted by atomic mass is 10.4. The largest absolute Gasteiger partial charge is 0.478 e. The van der Waals surface area contributed by atoms with Gasteiger partial charge in [-0.05, 0) is 32.0 Å². The molecule has 23 heavy (non-hydrogen) atoms. The van der Waals surface area contributed by atoms with Crippen LogP contribution in [0.1, 0.15) is 12.7 Å². The Hall–Kier alpha value is -2.68. The molecule has 0 bridgehead atoms. The van der Waals surface area contributed by atoms with Crippen LogP contribution in [0.2, 0.25) is 0 Å². The van der Waals surface area contributed by atoms with Crippen LogP contribution in [-0.2, 0) is 10.0 Å². The molecule has 9 heteroatoms. The van der Waals surface area contributed by atoms with Crippen molar-refractivity contribution in [3.05, 3.63) is 42.5 Å². The standard InChI is InChI=1S/C14H15N5O3S/c1-3-22-14-7-5-12(8-15-14)23(20,21)18-11-4-6-13-16-10(2)17-19(13)9-11/h4-9,18H,3H2,1-2H3. The summed E-state index contributed by atoms with van der Waals surface area (Å²) in [5.41, 5.74) is 1.03. The maximum absolute atomic E-state index is 12.4. The van der Waals surface area contributed by atoms with Crippen LogP contribution in [0.5, 0.6) is 5.88 Å². The number of rotatable bonds is 5. The molecule has 0 amide bonds. The Morgan fingerprint density at radius 3 is 2.78 bits per heavy atom. The minimum absolute atomic E-state index is 0.0517. The van der Waals surface area contributed by atoms with Gasteiger partial charge in [0.15, 0.2) is 5.65 Å². The van der Waals surface area contributed by atoms with Crippen molar-refractivity contribution in [2.75, 3.05) is 11.3 Å². The molecule has 0 unspecified atom stereocenters. The zero-order valence-corrected chi connectivity index (χ0v) is 13.4. The van der Waals surface area contributed by atoms with E-state index in [0.717, 1.165) is 0 Å². The third-order valence-corrected chi connectivity index (χ3v) is 4.37. The molecule has 0 fully saturated rings. The highest BCUT2D eigenvalue weighted by Crippen LogP contribution is 2.17. The summed E-state index contributed by atoms with van der Waals surface area (Å²) in [6.45, 7) is 4.06. The van der Waals surface area contributed by atoms with E-state index in [-0.39, 0.29) is 4.90 Å². The van der Waals surface area contributed by atoms with E-state index in [1.54, 1.807) is 25.3 Å². The molecule has 0 saturated carbocycles. The van der Waals surface area contributed by atoms with Crippen LogP contribution in [0.25, 0.3) is 5.65 Å². The number of sulfonamides is 1. The van der Waals surface area contributed by atoms with Crippen LogP contribution >= 0.6 is 0 Å². The number of ether oxygens (including phenoxy) is 1. The van der Waals surface area contributed by atoms with E-state index in [0.29, 0.717) is 29.6 Å². The zero-order valence-electron chi connectivity index (χ0n) is 12.6. The van der Waals surface area contributed by atoms with Crippen molar-refractivity contribution in [1.29, 1.82) is 0 Å². The molecule has 120 valence electrons. The van der Waals surface area contributed by atoms with E-state index in [2.05, 4.69) is 19.8 Å². The fourth-order valence-corrected chi connectivity index (χ4v) is 3.02. The van der Waals surface area contributed by atoms with Gasteiger partial charge in [0.05, 0.1) is 24.7 Å². The van der Waals surface area contributed by atoms with Crippen LogP contribution in [0, 0.1) is 6.92 Å². The highest BCUT2D eigenvalue weighted by atomic mass is 32.2. The average Bonchev–Trinajstić information content (AvgIpc) is 2.87. The third-order valence-electron chi connectivity index (χ3n) is 3.00. The molecule has 3 rings (SSSR count). The predicted molar refractivity (Wildman–Crippen MR) is 83.9 cm³/mol. The number of hydrogen-bond acceptors (Lipinski definition) is 6. The van der Waals surface area contributed by atoms with Gasteiger partial charge in [0.1, 0.15) is 10.7 Å². The third kappa shape index (κ3) is 3.24. The molecule has 0 aliphatic heterocycles. The van der Waals surface area contributed by atoms with Crippen molar-refractivity contribution in [2.45, 2.75) is 18.7 Å². The quantitative estimate of drug-likeness (QED) is 0.762. The summed E-state index contributed by atoms with van der Waals surface area (Å²) in [6, 6.07) is 6.28. The number of aromatic nitrogens is 4. The van der Waals surface area contributed by atoms with Gasteiger partial charge in [-0.15, -0.1) is 0 Å². The number of aryl methyl sites for hydroxylation is 1. The van der Waals surface area contributed by atoms with Crippen molar-refractivity contribution >= 4 is 21.4 Å². The van der Waals surface area contributed by atoms with E-state index < -0.39 is 10.0 Å². The summed E-state index contributed by atoms with van der Waals surface area (Å²) < 4.78 is 34.0. The Kier molecular flexibility index (Phi) is 3.87. The lowest BCUT2D eigenvalue weighted by molar-refractivity contribution is 0.326. The van der Waals surface area contributed by atoms with Gasteiger partial charge in [0, 0.05) is 6.07 Å². The predicted octanol–water partition coefficient (Wildman–Crippen LogP) is 1.63. The molecule has 0 aromatic carbocycles. The SMILES string of the molecule is CCOc1ccc(S(=O)(=O)Nc2ccc3nc(C)nn3c2)cn1. The van der Waals surface area contributed by atoms with Gasteiger partial charge in [0.25, 0.3) is 10.0 Å². The average molecular weight is 333 g/mol. The molecule has 8 nitrogen and oxygen atoms in total. The van der Waals surface area contributed by atoms with Crippen molar-refractivity contribution in [3.63, 3.8) is 0 Å². The van der Waals surface area contributed by atoms with Gasteiger partial charge in [-0.3, -0.25) is 4.72 Å². The van der Waals surface area contributed by atoms with E-state index in [1.807, 2.05) is 6.92 Å². The molecule has 3 aromatic rings. The van der Waals surface area contributed by atoms with Crippen molar-refractivity contribution < 1.29 is 13.2 Å². The first-order valence-electron chi connectivity index (χ1n) is 6.92. The van der Waals surface area contributed by atoms with E-state index in [4.69, 9.17) is 4.74 Å². The number of fused-ring (bicyclic) bond motifs is 1. The first-order chi connectivity index (χ1) is 11.0. The second-order valence-corrected chi connectivity index (χ2v) is 6.43. The molecule has 0 aliphatic rings. The van der Waals surface area contributed by atoms with E-state index >= 15 is 0 Å². The van der Waals surface area contributed by atoms with Crippen molar-refractivity contribution in [3.8, 4) is 5.88 Å². The molecule has 0 aliphatic carbocycles. The van der Waals surface area contributed by atoms with Gasteiger partial charge >= 0.3 is 0 Å². The fourth-order valence-electron chi connectivity index (χ4n) is 2.03. The molecule has 3 heterocycles. The highest BCUT2D eigenvalue weighted by Gasteiger charge is 2.15. The molecule has 0 radical (unpaired) electrons. The normalized spacial score (nSPS) is 11.6. The zero-order chi connectivity index (χ0) is 16.4. The van der Waals surface area contributed by atoms with E-state index in [9.17, 15) is 8.42 Å². The smallest absolute Gasteiger partial charge is 0.263 e. The number of nitrogens with one attached hydrogen (secondary N) is 1. The maximum atomic E-state index is 12.4. The highest BCUT2D eigenvalue weighted by molar-refractivity contribution is 7.92. The number of nitrogens with zero attached hydrogens (tertiary/aromatic N) is 4. The van der Waals surface area contributed by atoms with E-state index in [1.165, 1.54) is 22.8 Å². The Morgan fingerprint density at radius 2 is 2.09 bits per heavy atom. The summed E-state index contributed by atoms with van der Waals surface area (Å²) in [6.07, 6.45) is 2.82. The van der Waals surface area contributed by atoms with Gasteiger partial charge < -0.3 is 4.74 Å². The van der Waals surface area contributed by atoms with Gasteiger partial charge in [-0.1, -0.05) is 0 Å². The Labute approximate surface area is 133 Å². The second-order valence-electron chi connectivity index (χ2n) is 4.75. The molecule has 3 aromatic heterocycles. The molecule has 0 atom stereocenters. The summed E-state index contributed by atoms with van der Waals surface area (Å²) in [5.74, 6) is 0.992. The molecular formula is C14H15N5O3S. The van der Waals surface area contributed by atoms with Crippen molar-refractivity contribution in [1.82, 2.24) is 19.6 Å². The Balaban J connectivity index is 1.86. The van der Waals surface area contributed by atoms with Crippen LogP contribution in [0.15, 0.2) is 41.6 Å². The number of hydrogen-bond donors (Lipinski definition) is 1. The topological polar surface area (TPSA) is 98.5 Å². The maximum Gasteiger partial charge on any atom is 0.263 e. The molecule has 0 saturated heterocycles. The summed E-state index contributed by atoms with van der Waals surface area (Å²) in [5, 5.41) is 4.15. The monoisotopic (exact) mass is 333 g/mol. The molecule has 1 N–H and O–H groups in total. The lowest BCUT2D eigenvalue weighted by Crippen LogP contribution is -2.13. The lowest BCUT2D eigenvalue weighted by Gasteiger charge is -2.08. The summed E-state index contributed by atoms with van der Waals surface area (Å²) in [7, 11) is -3.74. The minimum atomic E-state index is -3.74. The minimum Gasteiger partial charge on any atom is -0.478 e. The number of anilines is 1. The molecular weight excluding hydrogens is 318 g/mol. The first kappa shape index (κ1) is 15.2. The Morgan fingerprint density at radius 1 is 1.26 bits per heavy atom. The van der Waals surface area contributed by atoms with Gasteiger partial charge in [0.2, 0.25) is 5.88 Å².